The predicted octanol–water partition coefficient (Wildman–Crippen LogP) is 0.816. The molecule has 0 bridgehead atoms. The Bertz CT molecular complexity index is 639. The summed E-state index contributed by atoms with van der Waals surface area (Å²) in [6.45, 7) is 3.86. The van der Waals surface area contributed by atoms with Crippen LogP contribution in [0.15, 0.2) is 11.1 Å². The van der Waals surface area contributed by atoms with Crippen LogP contribution in [0.2, 0.25) is 0 Å². The Morgan fingerprint density at radius 3 is 2.88 bits per heavy atom. The highest BCUT2D eigenvalue weighted by Crippen LogP contribution is 2.14. The molecule has 2 heterocycles. The van der Waals surface area contributed by atoms with Crippen molar-refractivity contribution in [1.29, 1.82) is 0 Å². The van der Waals surface area contributed by atoms with Crippen molar-refractivity contribution in [3.63, 3.8) is 0 Å². The van der Waals surface area contributed by atoms with Gasteiger partial charge in [-0.05, 0) is 19.4 Å². The van der Waals surface area contributed by atoms with Gasteiger partial charge in [0, 0.05) is 12.2 Å². The van der Waals surface area contributed by atoms with Gasteiger partial charge in [0.1, 0.15) is 5.65 Å². The molecule has 0 saturated heterocycles. The monoisotopic (exact) mass is 235 g/mol. The normalized spacial score (nSPS) is 10.9. The summed E-state index contributed by atoms with van der Waals surface area (Å²) >= 11 is 0. The fourth-order valence-corrected chi connectivity index (χ4v) is 1.76. The van der Waals surface area contributed by atoms with Gasteiger partial charge in [-0.15, -0.1) is 0 Å². The highest BCUT2D eigenvalue weighted by Gasteiger charge is 2.11. The fraction of sp³-hybridized carbons (Fsp3) is 0.364. The molecule has 0 unspecified atom stereocenters. The van der Waals surface area contributed by atoms with E-state index in [1.807, 2.05) is 13.8 Å². The van der Waals surface area contributed by atoms with Crippen LogP contribution in [0.25, 0.3) is 11.0 Å². The minimum atomic E-state index is -0.932. The van der Waals surface area contributed by atoms with Crippen LogP contribution in [-0.2, 0) is 11.3 Å². The SMILES string of the molecule is Cc1[nH]c2ncn(CCC(=O)O)c(=O)c2c1C. The zero-order valence-electron chi connectivity index (χ0n) is 9.65. The third-order valence-electron chi connectivity index (χ3n) is 2.85. The minimum Gasteiger partial charge on any atom is -0.481 e. The van der Waals surface area contributed by atoms with Gasteiger partial charge in [-0.1, -0.05) is 0 Å². The number of hydrogen-bond donors (Lipinski definition) is 2. The largest absolute Gasteiger partial charge is 0.481 e. The van der Waals surface area contributed by atoms with Crippen molar-refractivity contribution >= 4 is 17.0 Å². The summed E-state index contributed by atoms with van der Waals surface area (Å²) in [6, 6.07) is 0. The number of nitrogens with zero attached hydrogens (tertiary/aromatic N) is 2. The standard InChI is InChI=1S/C11H13N3O3/c1-6-7(2)13-10-9(6)11(17)14(5-12-10)4-3-8(15)16/h5,13H,3-4H2,1-2H3,(H,15,16). The van der Waals surface area contributed by atoms with Crippen LogP contribution in [0, 0.1) is 13.8 Å². The fourth-order valence-electron chi connectivity index (χ4n) is 1.76. The Morgan fingerprint density at radius 1 is 1.53 bits per heavy atom. The van der Waals surface area contributed by atoms with Crippen LogP contribution in [0.1, 0.15) is 17.7 Å². The molecule has 2 N–H and O–H groups in total. The van der Waals surface area contributed by atoms with Crippen molar-refractivity contribution in [1.82, 2.24) is 14.5 Å². The molecule has 0 aromatic carbocycles. The maximum atomic E-state index is 12.1. The van der Waals surface area contributed by atoms with Gasteiger partial charge in [-0.2, -0.15) is 0 Å². The molecule has 0 aliphatic rings. The molecule has 0 aliphatic carbocycles. The molecule has 2 rings (SSSR count). The number of hydrogen-bond acceptors (Lipinski definition) is 3. The quantitative estimate of drug-likeness (QED) is 0.824. The number of aromatic amines is 1. The first-order chi connectivity index (χ1) is 8.00. The third-order valence-corrected chi connectivity index (χ3v) is 2.85. The minimum absolute atomic E-state index is 0.0878. The summed E-state index contributed by atoms with van der Waals surface area (Å²) in [5, 5.41) is 9.13. The summed E-state index contributed by atoms with van der Waals surface area (Å²) < 4.78 is 1.33. The predicted molar refractivity (Wildman–Crippen MR) is 62.1 cm³/mol. The Kier molecular flexibility index (Phi) is 2.71. The number of aromatic nitrogens is 3. The van der Waals surface area contributed by atoms with Gasteiger partial charge in [0.2, 0.25) is 0 Å². The van der Waals surface area contributed by atoms with E-state index in [1.54, 1.807) is 0 Å². The molecule has 0 amide bonds. The zero-order valence-corrected chi connectivity index (χ0v) is 9.65. The van der Waals surface area contributed by atoms with E-state index in [0.717, 1.165) is 11.3 Å². The molecular weight excluding hydrogens is 222 g/mol. The van der Waals surface area contributed by atoms with Gasteiger partial charge < -0.3 is 10.1 Å². The van der Waals surface area contributed by atoms with E-state index in [2.05, 4.69) is 9.97 Å². The highest BCUT2D eigenvalue weighted by atomic mass is 16.4. The van der Waals surface area contributed by atoms with E-state index in [4.69, 9.17) is 5.11 Å². The molecule has 0 atom stereocenters. The van der Waals surface area contributed by atoms with Crippen LogP contribution >= 0.6 is 0 Å². The number of aryl methyl sites for hydroxylation is 3. The number of carboxylic acids is 1. The van der Waals surface area contributed by atoms with Crippen molar-refractivity contribution < 1.29 is 9.90 Å². The first kappa shape index (κ1) is 11.4. The lowest BCUT2D eigenvalue weighted by Crippen LogP contribution is -2.22. The molecular formula is C11H13N3O3. The average molecular weight is 235 g/mol. The number of aliphatic carboxylic acids is 1. The van der Waals surface area contributed by atoms with Crippen LogP contribution in [0.3, 0.4) is 0 Å². The van der Waals surface area contributed by atoms with Gasteiger partial charge in [0.25, 0.3) is 5.56 Å². The van der Waals surface area contributed by atoms with E-state index in [9.17, 15) is 9.59 Å². The van der Waals surface area contributed by atoms with Crippen LogP contribution in [0.4, 0.5) is 0 Å². The average Bonchev–Trinajstić information content (AvgIpc) is 2.54. The lowest BCUT2D eigenvalue weighted by Gasteiger charge is -2.02. The second-order valence-corrected chi connectivity index (χ2v) is 3.99. The first-order valence-corrected chi connectivity index (χ1v) is 5.27. The Labute approximate surface area is 96.9 Å². The molecule has 6 heteroatoms. The molecule has 90 valence electrons. The second-order valence-electron chi connectivity index (χ2n) is 3.99. The van der Waals surface area contributed by atoms with E-state index in [-0.39, 0.29) is 18.5 Å². The molecule has 2 aromatic heterocycles. The van der Waals surface area contributed by atoms with Crippen molar-refractivity contribution in [3.05, 3.63) is 27.9 Å². The van der Waals surface area contributed by atoms with Crippen molar-refractivity contribution in [3.8, 4) is 0 Å². The van der Waals surface area contributed by atoms with Crippen LogP contribution in [-0.4, -0.2) is 25.6 Å². The summed E-state index contributed by atoms with van der Waals surface area (Å²) in [7, 11) is 0. The first-order valence-electron chi connectivity index (χ1n) is 5.27. The summed E-state index contributed by atoms with van der Waals surface area (Å²) in [5.74, 6) is -0.932. The van der Waals surface area contributed by atoms with Crippen molar-refractivity contribution in [2.75, 3.05) is 0 Å². The van der Waals surface area contributed by atoms with Crippen molar-refractivity contribution in [2.45, 2.75) is 26.8 Å². The molecule has 0 fully saturated rings. The number of carboxylic acid groups (broad SMARTS) is 1. The molecule has 0 radical (unpaired) electrons. The van der Waals surface area contributed by atoms with Gasteiger partial charge in [-0.25, -0.2) is 4.98 Å². The molecule has 0 aliphatic heterocycles. The smallest absolute Gasteiger partial charge is 0.305 e. The maximum absolute atomic E-state index is 12.1. The summed E-state index contributed by atoms with van der Waals surface area (Å²) in [4.78, 5) is 29.7. The van der Waals surface area contributed by atoms with Gasteiger partial charge in [0.15, 0.2) is 0 Å². The summed E-state index contributed by atoms with van der Waals surface area (Å²) in [6.07, 6.45) is 1.29. The maximum Gasteiger partial charge on any atom is 0.305 e. The lowest BCUT2D eigenvalue weighted by atomic mass is 10.2. The Hall–Kier alpha value is -2.11. The number of carbonyl (C=O) groups is 1. The number of H-pyrrole nitrogens is 1. The third kappa shape index (κ3) is 1.93. The molecule has 2 aromatic rings. The van der Waals surface area contributed by atoms with E-state index in [0.29, 0.717) is 11.0 Å². The number of rotatable bonds is 3. The number of fused-ring (bicyclic) bond motifs is 1. The zero-order chi connectivity index (χ0) is 12.6. The molecule has 0 spiro atoms. The Morgan fingerprint density at radius 2 is 2.24 bits per heavy atom. The Balaban J connectivity index is 2.53. The van der Waals surface area contributed by atoms with E-state index in [1.165, 1.54) is 10.9 Å². The van der Waals surface area contributed by atoms with Gasteiger partial charge >= 0.3 is 5.97 Å². The number of nitrogens with one attached hydrogen (secondary N) is 1. The topological polar surface area (TPSA) is 88.0 Å². The lowest BCUT2D eigenvalue weighted by molar-refractivity contribution is -0.137. The van der Waals surface area contributed by atoms with E-state index < -0.39 is 5.97 Å². The second kappa shape index (κ2) is 4.04. The molecule has 0 saturated carbocycles. The summed E-state index contributed by atoms with van der Waals surface area (Å²) in [5.41, 5.74) is 2.12. The van der Waals surface area contributed by atoms with Crippen LogP contribution in [0.5, 0.6) is 0 Å². The van der Waals surface area contributed by atoms with Crippen molar-refractivity contribution in [2.24, 2.45) is 0 Å². The van der Waals surface area contributed by atoms with Crippen LogP contribution < -0.4 is 5.56 Å². The molecule has 6 nitrogen and oxygen atoms in total. The van der Waals surface area contributed by atoms with Gasteiger partial charge in [0.05, 0.1) is 18.1 Å². The van der Waals surface area contributed by atoms with E-state index >= 15 is 0 Å². The molecule has 17 heavy (non-hydrogen) atoms. The van der Waals surface area contributed by atoms with Gasteiger partial charge in [-0.3, -0.25) is 14.2 Å². The highest BCUT2D eigenvalue weighted by molar-refractivity contribution is 5.79.